The quantitative estimate of drug-likeness (QED) is 0.609. The molecule has 0 saturated carbocycles. The molecule has 1 aromatic heterocycles. The van der Waals surface area contributed by atoms with Gasteiger partial charge in [-0.15, -0.1) is 0 Å². The molecule has 5 nitrogen and oxygen atoms in total. The Kier molecular flexibility index (Phi) is 2.87. The van der Waals surface area contributed by atoms with Crippen LogP contribution in [0.2, 0.25) is 5.02 Å². The summed E-state index contributed by atoms with van der Waals surface area (Å²) in [7, 11) is 0. The maximum Gasteiger partial charge on any atom is 0.381 e. The first-order valence-corrected chi connectivity index (χ1v) is 4.93. The average Bonchev–Trinajstić information content (AvgIpc) is 2.66. The highest BCUT2D eigenvalue weighted by Crippen LogP contribution is 2.13. The normalized spacial score (nSPS) is 10.3. The fourth-order valence-corrected chi connectivity index (χ4v) is 1.59. The van der Waals surface area contributed by atoms with Crippen molar-refractivity contribution in [3.05, 3.63) is 57.5 Å². The molecule has 6 heteroatoms. The number of hydrogen-bond acceptors (Lipinski definition) is 3. The van der Waals surface area contributed by atoms with E-state index in [9.17, 15) is 10.1 Å². The smallest absolute Gasteiger partial charge is 0.358 e. The molecule has 0 aliphatic heterocycles. The molecule has 0 atom stereocenters. The van der Waals surface area contributed by atoms with Crippen LogP contribution in [0.5, 0.6) is 0 Å². The van der Waals surface area contributed by atoms with E-state index in [4.69, 9.17) is 11.6 Å². The van der Waals surface area contributed by atoms with Crippen molar-refractivity contribution in [3.63, 3.8) is 0 Å². The van der Waals surface area contributed by atoms with Gasteiger partial charge in [0.15, 0.2) is 0 Å². The van der Waals surface area contributed by atoms with Gasteiger partial charge < -0.3 is 14.7 Å². The van der Waals surface area contributed by atoms with Gasteiger partial charge >= 0.3 is 5.82 Å². The van der Waals surface area contributed by atoms with Gasteiger partial charge in [-0.2, -0.15) is 0 Å². The van der Waals surface area contributed by atoms with Crippen LogP contribution in [0, 0.1) is 10.1 Å². The molecule has 0 radical (unpaired) electrons. The Hall–Kier alpha value is -1.88. The van der Waals surface area contributed by atoms with Crippen molar-refractivity contribution in [1.29, 1.82) is 0 Å². The van der Waals surface area contributed by atoms with Crippen LogP contribution >= 0.6 is 11.6 Å². The molecular formula is C10H8ClN3O2. The van der Waals surface area contributed by atoms with Crippen molar-refractivity contribution in [2.75, 3.05) is 0 Å². The summed E-state index contributed by atoms with van der Waals surface area (Å²) in [6.45, 7) is 0.515. The first kappa shape index (κ1) is 10.6. The number of nitro groups is 1. The van der Waals surface area contributed by atoms with Crippen molar-refractivity contribution >= 4 is 17.4 Å². The average molecular weight is 238 g/mol. The van der Waals surface area contributed by atoms with Crippen LogP contribution < -0.4 is 0 Å². The van der Waals surface area contributed by atoms with Gasteiger partial charge in [-0.3, -0.25) is 0 Å². The molecule has 1 aromatic carbocycles. The van der Waals surface area contributed by atoms with Crippen molar-refractivity contribution in [3.8, 4) is 0 Å². The number of rotatable bonds is 3. The molecule has 0 bridgehead atoms. The lowest BCUT2D eigenvalue weighted by atomic mass is 10.2. The third-order valence-electron chi connectivity index (χ3n) is 2.06. The van der Waals surface area contributed by atoms with Crippen LogP contribution in [0.15, 0.2) is 36.8 Å². The van der Waals surface area contributed by atoms with Crippen LogP contribution in [0.25, 0.3) is 0 Å². The van der Waals surface area contributed by atoms with E-state index in [1.807, 2.05) is 18.2 Å². The molecule has 0 fully saturated rings. The van der Waals surface area contributed by atoms with E-state index >= 15 is 0 Å². The molecular weight excluding hydrogens is 230 g/mol. The largest absolute Gasteiger partial charge is 0.381 e. The second-order valence-corrected chi connectivity index (χ2v) is 3.73. The number of imidazole rings is 1. The van der Waals surface area contributed by atoms with Crippen LogP contribution in [-0.2, 0) is 6.54 Å². The second kappa shape index (κ2) is 4.32. The van der Waals surface area contributed by atoms with Crippen molar-refractivity contribution in [1.82, 2.24) is 9.55 Å². The Morgan fingerprint density at radius 3 is 2.94 bits per heavy atom. The third kappa shape index (κ3) is 2.38. The number of hydrogen-bond donors (Lipinski definition) is 0. The third-order valence-corrected chi connectivity index (χ3v) is 2.30. The van der Waals surface area contributed by atoms with Gasteiger partial charge in [0.05, 0.1) is 6.54 Å². The van der Waals surface area contributed by atoms with Gasteiger partial charge in [0.1, 0.15) is 6.20 Å². The summed E-state index contributed by atoms with van der Waals surface area (Å²) < 4.78 is 1.64. The molecule has 2 aromatic rings. The highest BCUT2D eigenvalue weighted by Gasteiger charge is 2.09. The highest BCUT2D eigenvalue weighted by molar-refractivity contribution is 6.30. The maximum absolute atomic E-state index is 10.4. The van der Waals surface area contributed by atoms with E-state index in [1.54, 1.807) is 10.6 Å². The van der Waals surface area contributed by atoms with Crippen LogP contribution in [-0.4, -0.2) is 14.5 Å². The van der Waals surface area contributed by atoms with Gasteiger partial charge in [-0.25, -0.2) is 0 Å². The Morgan fingerprint density at radius 1 is 1.50 bits per heavy atom. The predicted molar refractivity (Wildman–Crippen MR) is 59.4 cm³/mol. The SMILES string of the molecule is O=[N+]([O-])c1cn(Cc2cccc(Cl)c2)cn1. The first-order valence-electron chi connectivity index (χ1n) is 4.56. The minimum absolute atomic E-state index is 0.151. The van der Waals surface area contributed by atoms with Crippen molar-refractivity contribution < 1.29 is 4.92 Å². The molecule has 0 N–H and O–H groups in total. The van der Waals surface area contributed by atoms with E-state index in [0.717, 1.165) is 5.56 Å². The van der Waals surface area contributed by atoms with Gasteiger partial charge in [0.2, 0.25) is 6.33 Å². The van der Waals surface area contributed by atoms with E-state index in [2.05, 4.69) is 4.98 Å². The van der Waals surface area contributed by atoms with Gasteiger partial charge in [0, 0.05) is 5.02 Å². The Balaban J connectivity index is 2.17. The van der Waals surface area contributed by atoms with Crippen molar-refractivity contribution in [2.45, 2.75) is 6.54 Å². The summed E-state index contributed by atoms with van der Waals surface area (Å²) in [5.74, 6) is -0.151. The number of aromatic nitrogens is 2. The lowest BCUT2D eigenvalue weighted by Crippen LogP contribution is -1.96. The van der Waals surface area contributed by atoms with Crippen LogP contribution in [0.3, 0.4) is 0 Å². The molecule has 1 heterocycles. The molecule has 2 rings (SSSR count). The summed E-state index contributed by atoms with van der Waals surface area (Å²) in [4.78, 5) is 13.6. The zero-order valence-corrected chi connectivity index (χ0v) is 8.96. The Morgan fingerprint density at radius 2 is 2.31 bits per heavy atom. The molecule has 16 heavy (non-hydrogen) atoms. The predicted octanol–water partition coefficient (Wildman–Crippen LogP) is 2.49. The monoisotopic (exact) mass is 237 g/mol. The minimum Gasteiger partial charge on any atom is -0.358 e. The van der Waals surface area contributed by atoms with E-state index in [1.165, 1.54) is 12.5 Å². The fourth-order valence-electron chi connectivity index (χ4n) is 1.38. The maximum atomic E-state index is 10.4. The lowest BCUT2D eigenvalue weighted by Gasteiger charge is -2.00. The van der Waals surface area contributed by atoms with Crippen molar-refractivity contribution in [2.24, 2.45) is 0 Å². The van der Waals surface area contributed by atoms with Gasteiger partial charge in [-0.1, -0.05) is 23.7 Å². The second-order valence-electron chi connectivity index (χ2n) is 3.29. The standard InChI is InChI=1S/C10H8ClN3O2/c11-9-3-1-2-8(4-9)5-13-6-10(12-7-13)14(15)16/h1-4,6-7H,5H2. The highest BCUT2D eigenvalue weighted by atomic mass is 35.5. The summed E-state index contributed by atoms with van der Waals surface area (Å²) in [5.41, 5.74) is 0.972. The molecule has 0 amide bonds. The first-order chi connectivity index (χ1) is 7.65. The van der Waals surface area contributed by atoms with E-state index < -0.39 is 4.92 Å². The molecule has 0 aliphatic carbocycles. The summed E-state index contributed by atoms with van der Waals surface area (Å²) >= 11 is 5.83. The summed E-state index contributed by atoms with van der Waals surface area (Å²) in [6, 6.07) is 7.33. The Bertz CT molecular complexity index is 524. The molecule has 82 valence electrons. The van der Waals surface area contributed by atoms with E-state index in [-0.39, 0.29) is 5.82 Å². The minimum atomic E-state index is -0.519. The summed E-state index contributed by atoms with van der Waals surface area (Å²) in [6.07, 6.45) is 2.82. The van der Waals surface area contributed by atoms with Gasteiger partial charge in [0.25, 0.3) is 0 Å². The molecule has 0 saturated heterocycles. The number of halogens is 1. The molecule has 0 spiro atoms. The summed E-state index contributed by atoms with van der Waals surface area (Å²) in [5, 5.41) is 11.1. The fraction of sp³-hybridized carbons (Fsp3) is 0.100. The topological polar surface area (TPSA) is 61.0 Å². The Labute approximate surface area is 96.4 Å². The zero-order valence-electron chi connectivity index (χ0n) is 8.21. The van der Waals surface area contributed by atoms with Crippen LogP contribution in [0.1, 0.15) is 5.56 Å². The molecule has 0 aliphatic rings. The van der Waals surface area contributed by atoms with E-state index in [0.29, 0.717) is 11.6 Å². The lowest BCUT2D eigenvalue weighted by molar-refractivity contribution is -0.389. The van der Waals surface area contributed by atoms with Gasteiger partial charge in [-0.05, 0) is 27.6 Å². The number of nitrogens with zero attached hydrogens (tertiary/aromatic N) is 3. The zero-order chi connectivity index (χ0) is 11.5. The number of benzene rings is 1. The van der Waals surface area contributed by atoms with Crippen LogP contribution in [0.4, 0.5) is 5.82 Å². The molecule has 0 unspecified atom stereocenters.